The molecule has 2 unspecified atom stereocenters. The van der Waals surface area contributed by atoms with Gasteiger partial charge in [-0.15, -0.1) is 0 Å². The number of hydrogen-bond acceptors (Lipinski definition) is 3. The summed E-state index contributed by atoms with van der Waals surface area (Å²) in [4.78, 5) is 0. The summed E-state index contributed by atoms with van der Waals surface area (Å²) in [5.74, 6) is 1.46. The fourth-order valence-electron chi connectivity index (χ4n) is 2.07. The molecular formula is C16H38O3Si2. The summed E-state index contributed by atoms with van der Waals surface area (Å²) < 4.78 is 18.4. The van der Waals surface area contributed by atoms with Crippen molar-refractivity contribution in [2.45, 2.75) is 79.6 Å². The summed E-state index contributed by atoms with van der Waals surface area (Å²) in [6, 6.07) is 0. The van der Waals surface area contributed by atoms with Gasteiger partial charge in [-0.2, -0.15) is 0 Å². The molecule has 0 aliphatic rings. The van der Waals surface area contributed by atoms with Crippen molar-refractivity contribution in [2.24, 2.45) is 11.8 Å². The van der Waals surface area contributed by atoms with Gasteiger partial charge in [-0.25, -0.2) is 0 Å². The maximum absolute atomic E-state index is 6.29. The van der Waals surface area contributed by atoms with Gasteiger partial charge in [0.05, 0.1) is 0 Å². The molecular weight excluding hydrogens is 296 g/mol. The van der Waals surface area contributed by atoms with Crippen LogP contribution >= 0.6 is 0 Å². The molecule has 0 bridgehead atoms. The lowest BCUT2D eigenvalue weighted by atomic mass is 10.1. The topological polar surface area (TPSA) is 27.7 Å². The van der Waals surface area contributed by atoms with E-state index >= 15 is 0 Å². The zero-order chi connectivity index (χ0) is 16.5. The Morgan fingerprint density at radius 1 is 0.714 bits per heavy atom. The van der Waals surface area contributed by atoms with E-state index in [0.717, 1.165) is 37.9 Å². The van der Waals surface area contributed by atoms with Crippen LogP contribution in [0.4, 0.5) is 0 Å². The second-order valence-corrected chi connectivity index (χ2v) is 14.2. The van der Waals surface area contributed by atoms with E-state index in [1.54, 1.807) is 0 Å². The molecule has 0 saturated heterocycles. The third-order valence-corrected chi connectivity index (χ3v) is 9.74. The summed E-state index contributed by atoms with van der Waals surface area (Å²) in [7, 11) is -4.13. The zero-order valence-electron chi connectivity index (χ0n) is 15.6. The van der Waals surface area contributed by atoms with Gasteiger partial charge in [0.1, 0.15) is 0 Å². The Balaban J connectivity index is 4.09. The van der Waals surface area contributed by atoms with E-state index in [1.807, 2.05) is 0 Å². The van der Waals surface area contributed by atoms with Crippen LogP contribution in [0, 0.1) is 11.8 Å². The smallest absolute Gasteiger partial charge is 0.322 e. The minimum absolute atomic E-state index is 0.729. The van der Waals surface area contributed by atoms with Crippen molar-refractivity contribution in [1.82, 2.24) is 0 Å². The van der Waals surface area contributed by atoms with Gasteiger partial charge in [0.2, 0.25) is 0 Å². The van der Waals surface area contributed by atoms with Crippen LogP contribution in [0.2, 0.25) is 26.2 Å². The Morgan fingerprint density at radius 3 is 1.33 bits per heavy atom. The Bertz CT molecular complexity index is 244. The molecule has 0 rings (SSSR count). The predicted molar refractivity (Wildman–Crippen MR) is 96.1 cm³/mol. The van der Waals surface area contributed by atoms with Crippen molar-refractivity contribution in [3.05, 3.63) is 0 Å². The van der Waals surface area contributed by atoms with Gasteiger partial charge < -0.3 is 13.0 Å². The molecule has 0 saturated carbocycles. The van der Waals surface area contributed by atoms with Crippen LogP contribution in [0.25, 0.3) is 0 Å². The standard InChI is InChI=1S/C16H38O3Si2/c1-9-15(3)11-13-17-20(5,6)19-21(7,8)18-14-12-16(4)10-2/h15-16H,9-14H2,1-8H3. The highest BCUT2D eigenvalue weighted by molar-refractivity contribution is 6.78. The second-order valence-electron chi connectivity index (χ2n) is 7.20. The third-order valence-electron chi connectivity index (χ3n) is 4.01. The first-order valence-electron chi connectivity index (χ1n) is 8.60. The van der Waals surface area contributed by atoms with Crippen molar-refractivity contribution in [3.63, 3.8) is 0 Å². The van der Waals surface area contributed by atoms with E-state index in [2.05, 4.69) is 53.9 Å². The van der Waals surface area contributed by atoms with E-state index in [0.29, 0.717) is 0 Å². The second kappa shape index (κ2) is 10.2. The SMILES string of the molecule is CCC(C)CCO[Si](C)(C)O[Si](C)(C)OCCC(C)CC. The number of hydrogen-bond donors (Lipinski definition) is 0. The lowest BCUT2D eigenvalue weighted by Crippen LogP contribution is -2.48. The van der Waals surface area contributed by atoms with Gasteiger partial charge in [-0.1, -0.05) is 40.5 Å². The molecule has 2 atom stereocenters. The maximum atomic E-state index is 6.29. The Hall–Kier alpha value is 0.314. The van der Waals surface area contributed by atoms with Crippen LogP contribution in [-0.2, 0) is 13.0 Å². The molecule has 0 spiro atoms. The molecule has 5 heteroatoms. The van der Waals surface area contributed by atoms with Crippen molar-refractivity contribution in [3.8, 4) is 0 Å². The molecule has 21 heavy (non-hydrogen) atoms. The average molecular weight is 335 g/mol. The lowest BCUT2D eigenvalue weighted by molar-refractivity contribution is 0.180. The lowest BCUT2D eigenvalue weighted by Gasteiger charge is -2.33. The average Bonchev–Trinajstić information content (AvgIpc) is 2.36. The largest absolute Gasteiger partial charge is 0.415 e. The molecule has 0 N–H and O–H groups in total. The monoisotopic (exact) mass is 334 g/mol. The third kappa shape index (κ3) is 11.5. The Morgan fingerprint density at radius 2 is 1.05 bits per heavy atom. The number of rotatable bonds is 12. The fraction of sp³-hybridized carbons (Fsp3) is 1.00. The van der Waals surface area contributed by atoms with E-state index < -0.39 is 17.1 Å². The van der Waals surface area contributed by atoms with Crippen LogP contribution in [0.5, 0.6) is 0 Å². The first-order chi connectivity index (χ1) is 9.62. The van der Waals surface area contributed by atoms with Gasteiger partial charge >= 0.3 is 17.1 Å². The molecule has 0 aliphatic carbocycles. The molecule has 0 heterocycles. The minimum atomic E-state index is -2.07. The Kier molecular flexibility index (Phi) is 10.3. The summed E-state index contributed by atoms with van der Waals surface area (Å²) in [5.41, 5.74) is 0. The van der Waals surface area contributed by atoms with E-state index in [-0.39, 0.29) is 0 Å². The summed E-state index contributed by atoms with van der Waals surface area (Å²) in [6.45, 7) is 19.2. The van der Waals surface area contributed by atoms with Crippen LogP contribution in [-0.4, -0.2) is 30.3 Å². The molecule has 3 nitrogen and oxygen atoms in total. The summed E-state index contributed by atoms with van der Waals surface area (Å²) >= 11 is 0. The first kappa shape index (κ1) is 21.3. The van der Waals surface area contributed by atoms with Crippen LogP contribution in [0.1, 0.15) is 53.4 Å². The van der Waals surface area contributed by atoms with Crippen LogP contribution in [0.3, 0.4) is 0 Å². The van der Waals surface area contributed by atoms with Gasteiger partial charge in [-0.3, -0.25) is 0 Å². The predicted octanol–water partition coefficient (Wildman–Crippen LogP) is 5.31. The first-order valence-corrected chi connectivity index (χ1v) is 14.2. The van der Waals surface area contributed by atoms with Gasteiger partial charge in [0.25, 0.3) is 0 Å². The molecule has 0 aliphatic heterocycles. The normalized spacial score (nSPS) is 16.0. The van der Waals surface area contributed by atoms with Gasteiger partial charge in [-0.05, 0) is 50.9 Å². The van der Waals surface area contributed by atoms with Crippen LogP contribution in [0.15, 0.2) is 0 Å². The minimum Gasteiger partial charge on any atom is -0.415 e. The maximum Gasteiger partial charge on any atom is 0.322 e. The van der Waals surface area contributed by atoms with Gasteiger partial charge in [0, 0.05) is 13.2 Å². The highest BCUT2D eigenvalue weighted by Crippen LogP contribution is 2.19. The molecule has 0 radical (unpaired) electrons. The highest BCUT2D eigenvalue weighted by Gasteiger charge is 2.36. The van der Waals surface area contributed by atoms with Crippen molar-refractivity contribution >= 4 is 17.1 Å². The summed E-state index contributed by atoms with van der Waals surface area (Å²) in [6.07, 6.45) is 4.66. The molecule has 128 valence electrons. The fourth-order valence-corrected chi connectivity index (χ4v) is 8.50. The van der Waals surface area contributed by atoms with Crippen molar-refractivity contribution in [1.29, 1.82) is 0 Å². The van der Waals surface area contributed by atoms with Crippen molar-refractivity contribution < 1.29 is 13.0 Å². The van der Waals surface area contributed by atoms with E-state index in [9.17, 15) is 0 Å². The zero-order valence-corrected chi connectivity index (χ0v) is 17.6. The quantitative estimate of drug-likeness (QED) is 0.452. The molecule has 0 aromatic rings. The summed E-state index contributed by atoms with van der Waals surface area (Å²) in [5, 5.41) is 0. The molecule has 0 aromatic heterocycles. The molecule has 0 amide bonds. The Labute approximate surface area is 135 Å². The highest BCUT2D eigenvalue weighted by atomic mass is 28.5. The van der Waals surface area contributed by atoms with Gasteiger partial charge in [0.15, 0.2) is 0 Å². The molecule has 0 aromatic carbocycles. The van der Waals surface area contributed by atoms with E-state index in [1.165, 1.54) is 12.8 Å². The van der Waals surface area contributed by atoms with Crippen LogP contribution < -0.4 is 0 Å². The van der Waals surface area contributed by atoms with E-state index in [4.69, 9.17) is 13.0 Å². The molecule has 0 fully saturated rings. The van der Waals surface area contributed by atoms with Crippen molar-refractivity contribution in [2.75, 3.05) is 13.2 Å².